The zero-order valence-corrected chi connectivity index (χ0v) is 9.90. The lowest BCUT2D eigenvalue weighted by atomic mass is 10.0. The van der Waals surface area contributed by atoms with Crippen molar-refractivity contribution >= 4 is 11.9 Å². The number of carboxylic acids is 1. The van der Waals surface area contributed by atoms with E-state index in [-0.39, 0.29) is 5.56 Å². The van der Waals surface area contributed by atoms with E-state index in [1.54, 1.807) is 0 Å². The molecule has 1 amide bonds. The van der Waals surface area contributed by atoms with E-state index in [9.17, 15) is 14.0 Å². The highest BCUT2D eigenvalue weighted by molar-refractivity contribution is 5.97. The monoisotopic (exact) mass is 239 g/mol. The number of nitrogens with zero attached hydrogens (tertiary/aromatic N) is 1. The summed E-state index contributed by atoms with van der Waals surface area (Å²) in [7, 11) is 1.34. The average molecular weight is 239 g/mol. The topological polar surface area (TPSA) is 57.6 Å². The summed E-state index contributed by atoms with van der Waals surface area (Å²) in [6, 6.07) is 5.48. The van der Waals surface area contributed by atoms with Gasteiger partial charge in [-0.15, -0.1) is 0 Å². The first-order valence-corrected chi connectivity index (χ1v) is 5.04. The standard InChI is InChI=1S/C12H14FNO3/c1-12(2,11(16)17)14(3)10(15)8-6-4-5-7-9(8)13/h4-7H,1-3H3,(H,16,17). The molecule has 92 valence electrons. The van der Waals surface area contributed by atoms with Crippen LogP contribution >= 0.6 is 0 Å². The van der Waals surface area contributed by atoms with E-state index in [0.717, 1.165) is 11.0 Å². The van der Waals surface area contributed by atoms with Crippen LogP contribution in [0.4, 0.5) is 4.39 Å². The van der Waals surface area contributed by atoms with E-state index in [1.807, 2.05) is 0 Å². The zero-order chi connectivity index (χ0) is 13.2. The number of benzene rings is 1. The second-order valence-corrected chi connectivity index (χ2v) is 4.21. The molecule has 0 radical (unpaired) electrons. The molecule has 1 aromatic rings. The van der Waals surface area contributed by atoms with E-state index in [2.05, 4.69) is 0 Å². The number of rotatable bonds is 3. The van der Waals surface area contributed by atoms with Gasteiger partial charge in [-0.3, -0.25) is 4.79 Å². The Balaban J connectivity index is 3.07. The molecule has 5 heteroatoms. The molecule has 1 N–H and O–H groups in total. The number of carbonyl (C=O) groups is 2. The number of amides is 1. The number of hydrogen-bond acceptors (Lipinski definition) is 2. The highest BCUT2D eigenvalue weighted by Crippen LogP contribution is 2.17. The van der Waals surface area contributed by atoms with Crippen molar-refractivity contribution in [1.29, 1.82) is 0 Å². The summed E-state index contributed by atoms with van der Waals surface area (Å²) in [5, 5.41) is 8.99. The Hall–Kier alpha value is -1.91. The van der Waals surface area contributed by atoms with Crippen LogP contribution in [-0.2, 0) is 4.79 Å². The Morgan fingerprint density at radius 1 is 1.29 bits per heavy atom. The van der Waals surface area contributed by atoms with Crippen LogP contribution in [-0.4, -0.2) is 34.5 Å². The van der Waals surface area contributed by atoms with Gasteiger partial charge in [-0.25, -0.2) is 9.18 Å². The van der Waals surface area contributed by atoms with Crippen LogP contribution in [0.5, 0.6) is 0 Å². The molecule has 17 heavy (non-hydrogen) atoms. The average Bonchev–Trinajstić information content (AvgIpc) is 2.27. The molecule has 0 bridgehead atoms. The fraction of sp³-hybridized carbons (Fsp3) is 0.333. The molecule has 0 aliphatic carbocycles. The third-order valence-electron chi connectivity index (χ3n) is 2.77. The lowest BCUT2D eigenvalue weighted by molar-refractivity contribution is -0.147. The molecular weight excluding hydrogens is 225 g/mol. The van der Waals surface area contributed by atoms with Gasteiger partial charge in [0.2, 0.25) is 0 Å². The van der Waals surface area contributed by atoms with E-state index in [1.165, 1.54) is 39.1 Å². The second-order valence-electron chi connectivity index (χ2n) is 4.21. The summed E-state index contributed by atoms with van der Waals surface area (Å²) in [6.45, 7) is 2.77. The summed E-state index contributed by atoms with van der Waals surface area (Å²) in [6.07, 6.45) is 0. The highest BCUT2D eigenvalue weighted by Gasteiger charge is 2.36. The van der Waals surface area contributed by atoms with Crippen molar-refractivity contribution in [3.05, 3.63) is 35.6 Å². The van der Waals surface area contributed by atoms with Crippen molar-refractivity contribution < 1.29 is 19.1 Å². The maximum Gasteiger partial charge on any atom is 0.329 e. The number of carboxylic acid groups (broad SMARTS) is 1. The van der Waals surface area contributed by atoms with Crippen LogP contribution in [0.3, 0.4) is 0 Å². The molecule has 0 spiro atoms. The number of aliphatic carboxylic acids is 1. The quantitative estimate of drug-likeness (QED) is 0.874. The van der Waals surface area contributed by atoms with Crippen molar-refractivity contribution in [3.63, 3.8) is 0 Å². The van der Waals surface area contributed by atoms with Crippen LogP contribution in [0, 0.1) is 5.82 Å². The molecule has 1 rings (SSSR count). The van der Waals surface area contributed by atoms with Crippen molar-refractivity contribution in [3.8, 4) is 0 Å². The van der Waals surface area contributed by atoms with Gasteiger partial charge in [0.25, 0.3) is 5.91 Å². The van der Waals surface area contributed by atoms with Crippen LogP contribution < -0.4 is 0 Å². The fourth-order valence-electron chi connectivity index (χ4n) is 1.21. The normalized spacial score (nSPS) is 11.1. The minimum Gasteiger partial charge on any atom is -0.480 e. The number of likely N-dealkylation sites (N-methyl/N-ethyl adjacent to an activating group) is 1. The van der Waals surface area contributed by atoms with Gasteiger partial charge in [-0.1, -0.05) is 12.1 Å². The first-order chi connectivity index (χ1) is 7.78. The van der Waals surface area contributed by atoms with E-state index in [4.69, 9.17) is 5.11 Å². The largest absolute Gasteiger partial charge is 0.480 e. The second kappa shape index (κ2) is 4.53. The molecule has 1 aromatic carbocycles. The third-order valence-corrected chi connectivity index (χ3v) is 2.77. The van der Waals surface area contributed by atoms with Crippen molar-refractivity contribution in [2.75, 3.05) is 7.05 Å². The Bertz CT molecular complexity index is 457. The summed E-state index contributed by atoms with van der Waals surface area (Å²) < 4.78 is 13.4. The van der Waals surface area contributed by atoms with Gasteiger partial charge in [0, 0.05) is 7.05 Å². The zero-order valence-electron chi connectivity index (χ0n) is 9.90. The first kappa shape index (κ1) is 13.2. The van der Waals surface area contributed by atoms with Crippen LogP contribution in [0.2, 0.25) is 0 Å². The lowest BCUT2D eigenvalue weighted by Gasteiger charge is -2.31. The maximum absolute atomic E-state index is 13.4. The van der Waals surface area contributed by atoms with Crippen LogP contribution in [0.25, 0.3) is 0 Å². The Labute approximate surface area is 98.7 Å². The Morgan fingerprint density at radius 2 is 1.82 bits per heavy atom. The summed E-state index contributed by atoms with van der Waals surface area (Å²) in [5.74, 6) is -2.47. The smallest absolute Gasteiger partial charge is 0.329 e. The Morgan fingerprint density at radius 3 is 2.29 bits per heavy atom. The van der Waals surface area contributed by atoms with E-state index in [0.29, 0.717) is 0 Å². The fourth-order valence-corrected chi connectivity index (χ4v) is 1.21. The van der Waals surface area contributed by atoms with Crippen molar-refractivity contribution in [1.82, 2.24) is 4.90 Å². The van der Waals surface area contributed by atoms with Crippen molar-refractivity contribution in [2.45, 2.75) is 19.4 Å². The molecule has 0 unspecified atom stereocenters. The molecule has 0 aliphatic rings. The molecular formula is C12H14FNO3. The summed E-state index contributed by atoms with van der Waals surface area (Å²) >= 11 is 0. The van der Waals surface area contributed by atoms with Crippen LogP contribution in [0.15, 0.2) is 24.3 Å². The molecule has 0 saturated carbocycles. The van der Waals surface area contributed by atoms with Gasteiger partial charge in [0.1, 0.15) is 11.4 Å². The molecule has 0 aromatic heterocycles. The van der Waals surface area contributed by atoms with Gasteiger partial charge < -0.3 is 10.0 Å². The molecule has 0 aliphatic heterocycles. The summed E-state index contributed by atoms with van der Waals surface area (Å²) in [5.41, 5.74) is -1.52. The minimum atomic E-state index is -1.39. The Kier molecular flexibility index (Phi) is 3.50. The van der Waals surface area contributed by atoms with Gasteiger partial charge in [0.05, 0.1) is 5.56 Å². The number of halogens is 1. The highest BCUT2D eigenvalue weighted by atomic mass is 19.1. The van der Waals surface area contributed by atoms with E-state index < -0.39 is 23.2 Å². The van der Waals surface area contributed by atoms with Gasteiger partial charge in [-0.2, -0.15) is 0 Å². The third kappa shape index (κ3) is 2.43. The molecule has 4 nitrogen and oxygen atoms in total. The molecule has 0 atom stereocenters. The minimum absolute atomic E-state index is 0.135. The SMILES string of the molecule is CN(C(=O)c1ccccc1F)C(C)(C)C(=O)O. The molecule has 0 fully saturated rings. The predicted molar refractivity (Wildman–Crippen MR) is 60.2 cm³/mol. The summed E-state index contributed by atoms with van der Waals surface area (Å²) in [4.78, 5) is 23.9. The lowest BCUT2D eigenvalue weighted by Crippen LogP contribution is -2.50. The van der Waals surface area contributed by atoms with Gasteiger partial charge in [0.15, 0.2) is 0 Å². The van der Waals surface area contributed by atoms with E-state index >= 15 is 0 Å². The molecule has 0 saturated heterocycles. The van der Waals surface area contributed by atoms with Crippen molar-refractivity contribution in [2.24, 2.45) is 0 Å². The van der Waals surface area contributed by atoms with Gasteiger partial charge in [-0.05, 0) is 26.0 Å². The number of hydrogen-bond donors (Lipinski definition) is 1. The van der Waals surface area contributed by atoms with Crippen LogP contribution in [0.1, 0.15) is 24.2 Å². The number of carbonyl (C=O) groups excluding carboxylic acids is 1. The molecule has 0 heterocycles. The predicted octanol–water partition coefficient (Wildman–Crippen LogP) is 1.76. The maximum atomic E-state index is 13.4. The first-order valence-electron chi connectivity index (χ1n) is 5.04. The van der Waals surface area contributed by atoms with Gasteiger partial charge >= 0.3 is 5.97 Å².